The average Bonchev–Trinajstić information content (AvgIpc) is 3.24. The van der Waals surface area contributed by atoms with Crippen LogP contribution in [0.1, 0.15) is 68.2 Å². The molecule has 0 spiro atoms. The first-order valence-corrected chi connectivity index (χ1v) is 13.4. The highest BCUT2D eigenvalue weighted by Gasteiger charge is 2.30. The second-order valence-corrected chi connectivity index (χ2v) is 10.7. The Balaban J connectivity index is 1.41. The molecule has 1 aliphatic carbocycles. The van der Waals surface area contributed by atoms with E-state index in [9.17, 15) is 4.55 Å². The number of aromatic amines is 1. The Morgan fingerprint density at radius 3 is 2.81 bits per heavy atom. The van der Waals surface area contributed by atoms with Gasteiger partial charge in [0.2, 0.25) is 0 Å². The number of nitrogens with zero attached hydrogens (tertiary/aromatic N) is 2. The second kappa shape index (κ2) is 9.46. The molecule has 0 saturated heterocycles. The molecule has 32 heavy (non-hydrogen) atoms. The number of aryl methyl sites for hydroxylation is 1. The van der Waals surface area contributed by atoms with Crippen LogP contribution < -0.4 is 10.2 Å². The molecule has 5 nitrogen and oxygen atoms in total. The maximum Gasteiger partial charge on any atom is 0.321 e. The first-order valence-electron chi connectivity index (χ1n) is 12.1. The Hall–Kier alpha value is -2.02. The molecule has 2 unspecified atom stereocenters. The molecular formula is C26H34N4OS. The van der Waals surface area contributed by atoms with Gasteiger partial charge in [-0.1, -0.05) is 43.5 Å². The summed E-state index contributed by atoms with van der Waals surface area (Å²) in [5.74, 6) is 0.481. The van der Waals surface area contributed by atoms with Crippen molar-refractivity contribution in [2.24, 2.45) is 0 Å². The van der Waals surface area contributed by atoms with Crippen LogP contribution in [-0.2, 0) is 16.9 Å². The smallest absolute Gasteiger partial charge is 0.321 e. The van der Waals surface area contributed by atoms with Crippen LogP contribution >= 0.6 is 0 Å². The molecule has 3 aromatic rings. The molecule has 170 valence electrons. The standard InChI is InChI=1S/C26H34N4OS/c1-3-30-15-14-22(27-20-9-5-4-6-10-20)21-11-7-8-19(25(21)30)17-32(31)26-28-23-13-12-18(2)16-24(23)29-26/h7-8,11-13,16,20,22,27H,3-6,9-10,14-15,17H2,1-2H3,(H,28,29). The molecule has 1 aromatic heterocycles. The van der Waals surface area contributed by atoms with Crippen molar-refractivity contribution in [2.45, 2.75) is 75.4 Å². The van der Waals surface area contributed by atoms with Gasteiger partial charge in [0.05, 0.1) is 11.0 Å². The van der Waals surface area contributed by atoms with Crippen molar-refractivity contribution in [2.75, 3.05) is 18.0 Å². The van der Waals surface area contributed by atoms with Gasteiger partial charge in [0.1, 0.15) is 5.75 Å². The maximum absolute atomic E-state index is 13.3. The molecule has 5 rings (SSSR count). The van der Waals surface area contributed by atoms with Crippen LogP contribution in [0, 0.1) is 6.92 Å². The van der Waals surface area contributed by atoms with Crippen LogP contribution in [0.3, 0.4) is 0 Å². The molecule has 1 aliphatic heterocycles. The van der Waals surface area contributed by atoms with Gasteiger partial charge in [-0.15, -0.1) is 0 Å². The first kappa shape index (κ1) is 21.8. The fourth-order valence-electron chi connectivity index (χ4n) is 5.40. The molecule has 1 saturated carbocycles. The predicted octanol–water partition coefficient (Wildman–Crippen LogP) is 5.37. The zero-order chi connectivity index (χ0) is 22.1. The largest absolute Gasteiger partial charge is 0.609 e. The Morgan fingerprint density at radius 2 is 2.00 bits per heavy atom. The summed E-state index contributed by atoms with van der Waals surface area (Å²) in [5, 5.41) is 4.54. The third-order valence-corrected chi connectivity index (χ3v) is 8.27. The van der Waals surface area contributed by atoms with E-state index >= 15 is 0 Å². The normalized spacial score (nSPS) is 20.5. The van der Waals surface area contributed by atoms with Gasteiger partial charge in [-0.05, 0) is 56.4 Å². The van der Waals surface area contributed by atoms with E-state index in [4.69, 9.17) is 0 Å². The number of anilines is 1. The first-order chi connectivity index (χ1) is 15.6. The van der Waals surface area contributed by atoms with Crippen molar-refractivity contribution in [1.82, 2.24) is 15.3 Å². The summed E-state index contributed by atoms with van der Waals surface area (Å²) in [5.41, 5.74) is 6.81. The Morgan fingerprint density at radius 1 is 1.16 bits per heavy atom. The molecule has 0 bridgehead atoms. The zero-order valence-electron chi connectivity index (χ0n) is 19.2. The minimum absolute atomic E-state index is 0.387. The van der Waals surface area contributed by atoms with Crippen molar-refractivity contribution in [3.63, 3.8) is 0 Å². The van der Waals surface area contributed by atoms with Crippen LogP contribution in [-0.4, -0.2) is 33.7 Å². The van der Waals surface area contributed by atoms with Gasteiger partial charge in [-0.2, -0.15) is 4.98 Å². The summed E-state index contributed by atoms with van der Waals surface area (Å²) in [6.45, 7) is 6.28. The lowest BCUT2D eigenvalue weighted by atomic mass is 9.90. The van der Waals surface area contributed by atoms with Gasteiger partial charge in [-0.3, -0.25) is 4.98 Å². The Labute approximate surface area is 194 Å². The van der Waals surface area contributed by atoms with Crippen molar-refractivity contribution in [3.05, 3.63) is 53.1 Å². The minimum atomic E-state index is -1.22. The van der Waals surface area contributed by atoms with Crippen LogP contribution in [0.5, 0.6) is 0 Å². The lowest BCUT2D eigenvalue weighted by molar-refractivity contribution is 0.326. The molecule has 2 aliphatic rings. The second-order valence-electron chi connectivity index (χ2n) is 9.33. The van der Waals surface area contributed by atoms with Gasteiger partial charge < -0.3 is 14.8 Å². The number of hydrogen-bond acceptors (Lipinski definition) is 4. The van der Waals surface area contributed by atoms with E-state index in [2.05, 4.69) is 58.3 Å². The quantitative estimate of drug-likeness (QED) is 0.495. The SMILES string of the molecule is CCN1CCC(NC2CCCCC2)c2cccc(C[S+]([O-])c3nc4cc(C)ccc4[nH]3)c21. The van der Waals surface area contributed by atoms with E-state index in [-0.39, 0.29) is 0 Å². The van der Waals surface area contributed by atoms with Gasteiger partial charge in [0.25, 0.3) is 0 Å². The molecule has 2 aromatic carbocycles. The Bertz CT molecular complexity index is 1070. The van der Waals surface area contributed by atoms with Crippen molar-refractivity contribution in [1.29, 1.82) is 0 Å². The van der Waals surface area contributed by atoms with E-state index in [0.717, 1.165) is 41.7 Å². The average molecular weight is 451 g/mol. The molecule has 0 radical (unpaired) electrons. The van der Waals surface area contributed by atoms with Gasteiger partial charge in [-0.25, -0.2) is 0 Å². The number of imidazole rings is 1. The van der Waals surface area contributed by atoms with E-state index in [1.54, 1.807) is 0 Å². The Kier molecular flexibility index (Phi) is 6.44. The summed E-state index contributed by atoms with van der Waals surface area (Å²) < 4.78 is 13.3. The van der Waals surface area contributed by atoms with Crippen molar-refractivity contribution >= 4 is 27.9 Å². The summed E-state index contributed by atoms with van der Waals surface area (Å²) in [4.78, 5) is 10.4. The molecule has 1 fully saturated rings. The maximum atomic E-state index is 13.3. The van der Waals surface area contributed by atoms with Crippen molar-refractivity contribution in [3.8, 4) is 0 Å². The van der Waals surface area contributed by atoms with Gasteiger partial charge in [0, 0.05) is 47.6 Å². The van der Waals surface area contributed by atoms with Crippen LogP contribution in [0.25, 0.3) is 11.0 Å². The van der Waals surface area contributed by atoms with Gasteiger partial charge >= 0.3 is 5.16 Å². The van der Waals surface area contributed by atoms with E-state index in [1.165, 1.54) is 43.4 Å². The number of hydrogen-bond donors (Lipinski definition) is 2. The van der Waals surface area contributed by atoms with E-state index in [1.807, 2.05) is 12.1 Å². The summed E-state index contributed by atoms with van der Waals surface area (Å²) in [7, 11) is 0. The molecule has 0 amide bonds. The number of nitrogens with one attached hydrogen (secondary N) is 2. The number of fused-ring (bicyclic) bond motifs is 2. The summed E-state index contributed by atoms with van der Waals surface area (Å²) in [6, 6.07) is 13.7. The number of para-hydroxylation sites is 1. The van der Waals surface area contributed by atoms with Crippen LogP contribution in [0.4, 0.5) is 5.69 Å². The molecule has 2 atom stereocenters. The summed E-state index contributed by atoms with van der Waals surface area (Å²) >= 11 is -1.22. The highest BCUT2D eigenvalue weighted by Crippen LogP contribution is 2.38. The summed E-state index contributed by atoms with van der Waals surface area (Å²) in [6.07, 6.45) is 7.77. The van der Waals surface area contributed by atoms with Crippen LogP contribution in [0.2, 0.25) is 0 Å². The molecule has 2 heterocycles. The third-order valence-electron chi connectivity index (χ3n) is 7.07. The predicted molar refractivity (Wildman–Crippen MR) is 133 cm³/mol. The topological polar surface area (TPSA) is 67.0 Å². The monoisotopic (exact) mass is 450 g/mol. The van der Waals surface area contributed by atoms with Crippen molar-refractivity contribution < 1.29 is 4.55 Å². The lowest BCUT2D eigenvalue weighted by Gasteiger charge is -2.39. The minimum Gasteiger partial charge on any atom is -0.609 e. The number of benzene rings is 2. The van der Waals surface area contributed by atoms with Crippen LogP contribution in [0.15, 0.2) is 41.6 Å². The highest BCUT2D eigenvalue weighted by molar-refractivity contribution is 7.90. The molecule has 2 N–H and O–H groups in total. The zero-order valence-corrected chi connectivity index (χ0v) is 20.0. The highest BCUT2D eigenvalue weighted by atomic mass is 32.2. The molecular weight excluding hydrogens is 416 g/mol. The number of rotatable bonds is 6. The fraction of sp³-hybridized carbons (Fsp3) is 0.500. The molecule has 6 heteroatoms. The number of H-pyrrole nitrogens is 1. The third kappa shape index (κ3) is 4.41. The van der Waals surface area contributed by atoms with E-state index < -0.39 is 11.2 Å². The van der Waals surface area contributed by atoms with E-state index in [0.29, 0.717) is 23.0 Å². The lowest BCUT2D eigenvalue weighted by Crippen LogP contribution is -2.41. The van der Waals surface area contributed by atoms with Gasteiger partial charge in [0.15, 0.2) is 0 Å². The fourth-order valence-corrected chi connectivity index (χ4v) is 6.48. The number of aromatic nitrogens is 2.